The van der Waals surface area contributed by atoms with Gasteiger partial charge in [-0.05, 0) is 52.2 Å². The molecule has 0 spiro atoms. The Morgan fingerprint density at radius 1 is 1.32 bits per heavy atom. The second-order valence-electron chi connectivity index (χ2n) is 4.32. The summed E-state index contributed by atoms with van der Waals surface area (Å²) in [7, 11) is 0. The third-order valence-corrected chi connectivity index (χ3v) is 3.75. The lowest BCUT2D eigenvalue weighted by atomic mass is 10.00. The summed E-state index contributed by atoms with van der Waals surface area (Å²) in [5.74, 6) is -0.246. The number of halogens is 2. The van der Waals surface area contributed by atoms with Crippen LogP contribution in [0.15, 0.2) is 47.2 Å². The van der Waals surface area contributed by atoms with Crippen LogP contribution in [0.4, 0.5) is 4.39 Å². The Morgan fingerprint density at radius 3 is 2.84 bits per heavy atom. The number of hydrogen-bond donors (Lipinski definition) is 1. The molecule has 2 rings (SSSR count). The van der Waals surface area contributed by atoms with E-state index in [2.05, 4.69) is 33.2 Å². The number of rotatable bonds is 5. The van der Waals surface area contributed by atoms with Crippen LogP contribution in [0, 0.1) is 5.82 Å². The van der Waals surface area contributed by atoms with E-state index in [4.69, 9.17) is 0 Å². The van der Waals surface area contributed by atoms with Crippen molar-refractivity contribution in [2.75, 3.05) is 6.54 Å². The van der Waals surface area contributed by atoms with Gasteiger partial charge < -0.3 is 5.32 Å². The molecular formula is C15H16BrFN2. The highest BCUT2D eigenvalue weighted by molar-refractivity contribution is 9.10. The summed E-state index contributed by atoms with van der Waals surface area (Å²) in [4.78, 5) is 4.14. The number of aromatic nitrogens is 1. The van der Waals surface area contributed by atoms with Gasteiger partial charge in [-0.15, -0.1) is 0 Å². The number of hydrogen-bond acceptors (Lipinski definition) is 2. The topological polar surface area (TPSA) is 24.9 Å². The molecule has 100 valence electrons. The molecule has 1 heterocycles. The van der Waals surface area contributed by atoms with Crippen LogP contribution in [0.5, 0.6) is 0 Å². The molecule has 1 aromatic carbocycles. The summed E-state index contributed by atoms with van der Waals surface area (Å²) in [6, 6.07) is 8.94. The van der Waals surface area contributed by atoms with Crippen molar-refractivity contribution in [3.05, 3.63) is 64.1 Å². The molecule has 0 saturated heterocycles. The van der Waals surface area contributed by atoms with E-state index >= 15 is 0 Å². The van der Waals surface area contributed by atoms with Gasteiger partial charge in [-0.25, -0.2) is 4.39 Å². The quantitative estimate of drug-likeness (QED) is 0.897. The number of nitrogens with zero attached hydrogens (tertiary/aromatic N) is 1. The second kappa shape index (κ2) is 6.78. The van der Waals surface area contributed by atoms with Gasteiger partial charge in [-0.2, -0.15) is 0 Å². The lowest BCUT2D eigenvalue weighted by Gasteiger charge is -2.20. The van der Waals surface area contributed by atoms with Crippen molar-refractivity contribution >= 4 is 15.9 Å². The minimum absolute atomic E-state index is 0.0567. The summed E-state index contributed by atoms with van der Waals surface area (Å²) >= 11 is 3.33. The predicted molar refractivity (Wildman–Crippen MR) is 78.5 cm³/mol. The van der Waals surface area contributed by atoms with Gasteiger partial charge in [0.1, 0.15) is 5.82 Å². The molecule has 0 aliphatic rings. The molecule has 0 fully saturated rings. The van der Waals surface area contributed by atoms with Crippen LogP contribution < -0.4 is 5.32 Å². The SMILES string of the molecule is CCCNC(c1cccnc1)c1cccc(F)c1Br. The summed E-state index contributed by atoms with van der Waals surface area (Å²) in [5, 5.41) is 3.43. The minimum Gasteiger partial charge on any atom is -0.306 e. The van der Waals surface area contributed by atoms with E-state index in [0.717, 1.165) is 24.1 Å². The predicted octanol–water partition coefficient (Wildman–Crippen LogP) is 4.07. The Labute approximate surface area is 121 Å². The van der Waals surface area contributed by atoms with Crippen LogP contribution in [0.25, 0.3) is 0 Å². The van der Waals surface area contributed by atoms with Gasteiger partial charge in [0.05, 0.1) is 10.5 Å². The third-order valence-electron chi connectivity index (χ3n) is 2.91. The zero-order chi connectivity index (χ0) is 13.7. The van der Waals surface area contributed by atoms with E-state index < -0.39 is 0 Å². The first-order chi connectivity index (χ1) is 9.24. The molecular weight excluding hydrogens is 307 g/mol. The highest BCUT2D eigenvalue weighted by Crippen LogP contribution is 2.30. The maximum absolute atomic E-state index is 13.7. The van der Waals surface area contributed by atoms with E-state index in [1.54, 1.807) is 12.3 Å². The highest BCUT2D eigenvalue weighted by atomic mass is 79.9. The molecule has 0 radical (unpaired) electrons. The molecule has 1 unspecified atom stereocenters. The van der Waals surface area contributed by atoms with Crippen LogP contribution in [-0.2, 0) is 0 Å². The Morgan fingerprint density at radius 2 is 2.16 bits per heavy atom. The van der Waals surface area contributed by atoms with Crippen molar-refractivity contribution in [2.24, 2.45) is 0 Å². The van der Waals surface area contributed by atoms with Crippen LogP contribution in [0.3, 0.4) is 0 Å². The number of pyridine rings is 1. The van der Waals surface area contributed by atoms with Gasteiger partial charge >= 0.3 is 0 Å². The molecule has 0 saturated carbocycles. The molecule has 2 nitrogen and oxygen atoms in total. The van der Waals surface area contributed by atoms with Gasteiger partial charge in [0.15, 0.2) is 0 Å². The van der Waals surface area contributed by atoms with Gasteiger partial charge in [-0.1, -0.05) is 25.1 Å². The fraction of sp³-hybridized carbons (Fsp3) is 0.267. The Kier molecular flexibility index (Phi) is 5.05. The van der Waals surface area contributed by atoms with E-state index in [1.165, 1.54) is 6.07 Å². The molecule has 0 bridgehead atoms. The zero-order valence-electron chi connectivity index (χ0n) is 10.7. The maximum atomic E-state index is 13.7. The van der Waals surface area contributed by atoms with E-state index in [0.29, 0.717) is 4.47 Å². The molecule has 4 heteroatoms. The zero-order valence-corrected chi connectivity index (χ0v) is 12.3. The van der Waals surface area contributed by atoms with Gasteiger partial charge in [0.25, 0.3) is 0 Å². The van der Waals surface area contributed by atoms with Crippen molar-refractivity contribution in [3.63, 3.8) is 0 Å². The average Bonchev–Trinajstić information content (AvgIpc) is 2.45. The smallest absolute Gasteiger partial charge is 0.137 e. The molecule has 19 heavy (non-hydrogen) atoms. The third kappa shape index (κ3) is 3.39. The van der Waals surface area contributed by atoms with Gasteiger partial charge in [-0.3, -0.25) is 4.98 Å². The standard InChI is InChI=1S/C15H16BrFN2/c1-2-8-19-15(11-5-4-9-18-10-11)12-6-3-7-13(17)14(12)16/h3-7,9-10,15,19H,2,8H2,1H3. The fourth-order valence-electron chi connectivity index (χ4n) is 1.99. The minimum atomic E-state index is -0.246. The van der Waals surface area contributed by atoms with Crippen molar-refractivity contribution in [1.82, 2.24) is 10.3 Å². The largest absolute Gasteiger partial charge is 0.306 e. The summed E-state index contributed by atoms with van der Waals surface area (Å²) in [6.07, 6.45) is 4.56. The Balaban J connectivity index is 2.40. The summed E-state index contributed by atoms with van der Waals surface area (Å²) in [5.41, 5.74) is 1.92. The van der Waals surface area contributed by atoms with Crippen LogP contribution in [0.2, 0.25) is 0 Å². The van der Waals surface area contributed by atoms with Gasteiger partial charge in [0, 0.05) is 12.4 Å². The van der Waals surface area contributed by atoms with E-state index in [1.807, 2.05) is 24.4 Å². The Bertz CT molecular complexity index is 531. The summed E-state index contributed by atoms with van der Waals surface area (Å²) < 4.78 is 14.2. The van der Waals surface area contributed by atoms with Crippen LogP contribution >= 0.6 is 15.9 Å². The fourth-order valence-corrected chi connectivity index (χ4v) is 2.48. The lowest BCUT2D eigenvalue weighted by Crippen LogP contribution is -2.23. The maximum Gasteiger partial charge on any atom is 0.137 e. The Hall–Kier alpha value is -1.26. The van der Waals surface area contributed by atoms with Crippen LogP contribution in [0.1, 0.15) is 30.5 Å². The average molecular weight is 323 g/mol. The molecule has 0 aliphatic heterocycles. The molecule has 2 aromatic rings. The highest BCUT2D eigenvalue weighted by Gasteiger charge is 2.17. The first-order valence-corrected chi connectivity index (χ1v) is 7.10. The van der Waals surface area contributed by atoms with Crippen molar-refractivity contribution < 1.29 is 4.39 Å². The van der Waals surface area contributed by atoms with Crippen molar-refractivity contribution in [3.8, 4) is 0 Å². The van der Waals surface area contributed by atoms with Crippen molar-refractivity contribution in [1.29, 1.82) is 0 Å². The van der Waals surface area contributed by atoms with Gasteiger partial charge in [0.2, 0.25) is 0 Å². The first kappa shape index (κ1) is 14.2. The molecule has 1 atom stereocenters. The van der Waals surface area contributed by atoms with Crippen LogP contribution in [-0.4, -0.2) is 11.5 Å². The molecule has 0 aliphatic carbocycles. The monoisotopic (exact) mass is 322 g/mol. The first-order valence-electron chi connectivity index (χ1n) is 6.31. The normalized spacial score (nSPS) is 12.4. The second-order valence-corrected chi connectivity index (χ2v) is 5.11. The van der Waals surface area contributed by atoms with E-state index in [9.17, 15) is 4.39 Å². The molecule has 1 N–H and O–H groups in total. The molecule has 0 amide bonds. The summed E-state index contributed by atoms with van der Waals surface area (Å²) in [6.45, 7) is 2.97. The number of nitrogens with one attached hydrogen (secondary N) is 1. The lowest BCUT2D eigenvalue weighted by molar-refractivity contribution is 0.579. The molecule has 1 aromatic heterocycles. The van der Waals surface area contributed by atoms with Crippen molar-refractivity contribution in [2.45, 2.75) is 19.4 Å². The number of benzene rings is 1. The van der Waals surface area contributed by atoms with E-state index in [-0.39, 0.29) is 11.9 Å².